The Morgan fingerprint density at radius 2 is 1.21 bits per heavy atom. The van der Waals surface area contributed by atoms with Gasteiger partial charge in [0.05, 0.1) is 0 Å². The highest BCUT2D eigenvalue weighted by atomic mass is 16.2. The maximum absolute atomic E-state index is 12.4. The largest absolute Gasteiger partial charge is 0.370 e. The standard InChI is InChI=1S/C20H24N2O2/c21-19(23)11-12-20(24)22(15-13-17-7-3-1-4-8-17)16-14-18-9-5-2-6-10-18/h1-10H,11-16H2,(H2,21,23). The van der Waals surface area contributed by atoms with Crippen LogP contribution in [0.1, 0.15) is 24.0 Å². The first kappa shape index (κ1) is 17.7. The van der Waals surface area contributed by atoms with Gasteiger partial charge in [-0.05, 0) is 24.0 Å². The van der Waals surface area contributed by atoms with Crippen LogP contribution in [0.4, 0.5) is 0 Å². The van der Waals surface area contributed by atoms with Gasteiger partial charge in [0.25, 0.3) is 0 Å². The van der Waals surface area contributed by atoms with E-state index in [0.717, 1.165) is 12.8 Å². The molecule has 0 atom stereocenters. The Labute approximate surface area is 143 Å². The molecule has 0 fully saturated rings. The first-order chi connectivity index (χ1) is 11.6. The van der Waals surface area contributed by atoms with Crippen LogP contribution in [0.3, 0.4) is 0 Å². The second kappa shape index (κ2) is 9.50. The number of benzene rings is 2. The fourth-order valence-corrected chi connectivity index (χ4v) is 2.57. The molecule has 2 N–H and O–H groups in total. The second-order valence-corrected chi connectivity index (χ2v) is 5.82. The van der Waals surface area contributed by atoms with Gasteiger partial charge in [-0.3, -0.25) is 9.59 Å². The lowest BCUT2D eigenvalue weighted by Crippen LogP contribution is -2.35. The summed E-state index contributed by atoms with van der Waals surface area (Å²) in [5.41, 5.74) is 7.56. The Morgan fingerprint density at radius 3 is 1.62 bits per heavy atom. The van der Waals surface area contributed by atoms with Crippen molar-refractivity contribution in [2.45, 2.75) is 25.7 Å². The van der Waals surface area contributed by atoms with Crippen LogP contribution in [0.25, 0.3) is 0 Å². The SMILES string of the molecule is NC(=O)CCC(=O)N(CCc1ccccc1)CCc1ccccc1. The van der Waals surface area contributed by atoms with Gasteiger partial charge in [0.2, 0.25) is 11.8 Å². The van der Waals surface area contributed by atoms with Gasteiger partial charge in [0, 0.05) is 25.9 Å². The van der Waals surface area contributed by atoms with Crippen LogP contribution < -0.4 is 5.73 Å². The zero-order chi connectivity index (χ0) is 17.2. The van der Waals surface area contributed by atoms with Crippen molar-refractivity contribution in [3.05, 3.63) is 71.8 Å². The molecule has 0 radical (unpaired) electrons. The number of nitrogens with zero attached hydrogens (tertiary/aromatic N) is 1. The zero-order valence-electron chi connectivity index (χ0n) is 13.9. The van der Waals surface area contributed by atoms with Crippen LogP contribution in [-0.4, -0.2) is 29.8 Å². The minimum absolute atomic E-state index is 0.0133. The number of hydrogen-bond acceptors (Lipinski definition) is 2. The minimum atomic E-state index is -0.436. The van der Waals surface area contributed by atoms with Crippen molar-refractivity contribution in [1.29, 1.82) is 0 Å². The average Bonchev–Trinajstić information content (AvgIpc) is 2.61. The Bertz CT molecular complexity index is 598. The molecule has 2 amide bonds. The highest BCUT2D eigenvalue weighted by molar-refractivity contribution is 5.82. The molecule has 126 valence electrons. The maximum atomic E-state index is 12.4. The van der Waals surface area contributed by atoms with E-state index in [4.69, 9.17) is 5.73 Å². The molecule has 0 aliphatic heterocycles. The van der Waals surface area contributed by atoms with E-state index in [-0.39, 0.29) is 18.7 Å². The number of rotatable bonds is 9. The van der Waals surface area contributed by atoms with Crippen molar-refractivity contribution in [3.8, 4) is 0 Å². The molecule has 0 aliphatic carbocycles. The lowest BCUT2D eigenvalue weighted by atomic mass is 10.1. The van der Waals surface area contributed by atoms with Crippen molar-refractivity contribution in [1.82, 2.24) is 4.90 Å². The Hall–Kier alpha value is -2.62. The van der Waals surface area contributed by atoms with E-state index in [1.807, 2.05) is 41.3 Å². The molecule has 2 aromatic rings. The van der Waals surface area contributed by atoms with Crippen molar-refractivity contribution >= 4 is 11.8 Å². The Morgan fingerprint density at radius 1 is 0.750 bits per heavy atom. The van der Waals surface area contributed by atoms with Crippen LogP contribution in [0.5, 0.6) is 0 Å². The molecule has 0 unspecified atom stereocenters. The molecule has 0 bridgehead atoms. The summed E-state index contributed by atoms with van der Waals surface area (Å²) in [4.78, 5) is 25.2. The fourth-order valence-electron chi connectivity index (χ4n) is 2.57. The van der Waals surface area contributed by atoms with Crippen molar-refractivity contribution in [3.63, 3.8) is 0 Å². The van der Waals surface area contributed by atoms with Crippen LogP contribution >= 0.6 is 0 Å². The van der Waals surface area contributed by atoms with E-state index in [0.29, 0.717) is 13.1 Å². The third-order valence-corrected chi connectivity index (χ3v) is 3.96. The van der Waals surface area contributed by atoms with Gasteiger partial charge in [-0.1, -0.05) is 60.7 Å². The molecule has 2 rings (SSSR count). The molecule has 0 spiro atoms. The number of carbonyl (C=O) groups excluding carboxylic acids is 2. The maximum Gasteiger partial charge on any atom is 0.223 e. The summed E-state index contributed by atoms with van der Waals surface area (Å²) < 4.78 is 0. The number of primary amides is 1. The lowest BCUT2D eigenvalue weighted by Gasteiger charge is -2.23. The molecule has 0 saturated carbocycles. The van der Waals surface area contributed by atoms with Crippen LogP contribution in [0.15, 0.2) is 60.7 Å². The number of nitrogens with two attached hydrogens (primary N) is 1. The number of amides is 2. The van der Waals surface area contributed by atoms with E-state index in [9.17, 15) is 9.59 Å². The summed E-state index contributed by atoms with van der Waals surface area (Å²) in [5, 5.41) is 0. The van der Waals surface area contributed by atoms with Crippen LogP contribution in [0, 0.1) is 0 Å². The molecule has 0 saturated heterocycles. The van der Waals surface area contributed by atoms with Crippen molar-refractivity contribution in [2.75, 3.05) is 13.1 Å². The molecule has 0 heterocycles. The predicted octanol–water partition coefficient (Wildman–Crippen LogP) is 2.57. The van der Waals surface area contributed by atoms with E-state index in [2.05, 4.69) is 24.3 Å². The monoisotopic (exact) mass is 324 g/mol. The smallest absolute Gasteiger partial charge is 0.223 e. The highest BCUT2D eigenvalue weighted by Crippen LogP contribution is 2.07. The molecule has 24 heavy (non-hydrogen) atoms. The fraction of sp³-hybridized carbons (Fsp3) is 0.300. The van der Waals surface area contributed by atoms with Gasteiger partial charge in [0.15, 0.2) is 0 Å². The van der Waals surface area contributed by atoms with Gasteiger partial charge in [-0.2, -0.15) is 0 Å². The number of carbonyl (C=O) groups is 2. The first-order valence-corrected chi connectivity index (χ1v) is 8.29. The predicted molar refractivity (Wildman–Crippen MR) is 95.3 cm³/mol. The lowest BCUT2D eigenvalue weighted by molar-refractivity contribution is -0.133. The summed E-state index contributed by atoms with van der Waals surface area (Å²) >= 11 is 0. The van der Waals surface area contributed by atoms with Crippen molar-refractivity contribution < 1.29 is 9.59 Å². The Kier molecular flexibility index (Phi) is 7.02. The first-order valence-electron chi connectivity index (χ1n) is 8.29. The topological polar surface area (TPSA) is 63.4 Å². The summed E-state index contributed by atoms with van der Waals surface area (Å²) in [5.74, 6) is -0.449. The highest BCUT2D eigenvalue weighted by Gasteiger charge is 2.14. The summed E-state index contributed by atoms with van der Waals surface area (Å²) in [6.07, 6.45) is 1.89. The molecule has 0 aromatic heterocycles. The zero-order valence-corrected chi connectivity index (χ0v) is 13.9. The summed E-state index contributed by atoms with van der Waals surface area (Å²) in [7, 11) is 0. The number of hydrogen-bond donors (Lipinski definition) is 1. The van der Waals surface area contributed by atoms with Gasteiger partial charge in [-0.15, -0.1) is 0 Å². The minimum Gasteiger partial charge on any atom is -0.370 e. The van der Waals surface area contributed by atoms with Gasteiger partial charge in [0.1, 0.15) is 0 Å². The van der Waals surface area contributed by atoms with Gasteiger partial charge < -0.3 is 10.6 Å². The molecule has 0 aliphatic rings. The van der Waals surface area contributed by atoms with E-state index in [1.54, 1.807) is 0 Å². The van der Waals surface area contributed by atoms with E-state index in [1.165, 1.54) is 11.1 Å². The van der Waals surface area contributed by atoms with E-state index >= 15 is 0 Å². The van der Waals surface area contributed by atoms with Crippen LogP contribution in [0.2, 0.25) is 0 Å². The van der Waals surface area contributed by atoms with Gasteiger partial charge >= 0.3 is 0 Å². The third-order valence-electron chi connectivity index (χ3n) is 3.96. The molecule has 4 nitrogen and oxygen atoms in total. The normalized spacial score (nSPS) is 10.3. The molecular formula is C20H24N2O2. The quantitative estimate of drug-likeness (QED) is 0.770. The average molecular weight is 324 g/mol. The third kappa shape index (κ3) is 6.24. The summed E-state index contributed by atoms with van der Waals surface area (Å²) in [6, 6.07) is 20.2. The van der Waals surface area contributed by atoms with Crippen LogP contribution in [-0.2, 0) is 22.4 Å². The van der Waals surface area contributed by atoms with Gasteiger partial charge in [-0.25, -0.2) is 0 Å². The summed E-state index contributed by atoms with van der Waals surface area (Å²) in [6.45, 7) is 1.29. The molecule has 2 aromatic carbocycles. The molecule has 4 heteroatoms. The van der Waals surface area contributed by atoms with Crippen molar-refractivity contribution in [2.24, 2.45) is 5.73 Å². The second-order valence-electron chi connectivity index (χ2n) is 5.82. The van der Waals surface area contributed by atoms with E-state index < -0.39 is 5.91 Å². The molecular weight excluding hydrogens is 300 g/mol. The Balaban J connectivity index is 1.94.